The van der Waals surface area contributed by atoms with Gasteiger partial charge in [-0.3, -0.25) is 10.1 Å². The summed E-state index contributed by atoms with van der Waals surface area (Å²) in [6, 6.07) is 7.64. The van der Waals surface area contributed by atoms with E-state index in [1.807, 2.05) is 43.0 Å². The third-order valence-electron chi connectivity index (χ3n) is 3.87. The van der Waals surface area contributed by atoms with Crippen molar-refractivity contribution in [2.24, 2.45) is 5.73 Å². The van der Waals surface area contributed by atoms with E-state index in [9.17, 15) is 9.59 Å². The molecule has 3 rings (SSSR count). The van der Waals surface area contributed by atoms with Crippen molar-refractivity contribution < 1.29 is 9.59 Å². The average Bonchev–Trinajstić information content (AvgIpc) is 2.92. The molecule has 1 aliphatic rings. The highest BCUT2D eigenvalue weighted by Crippen LogP contribution is 2.39. The largest absolute Gasteiger partial charge is 0.365 e. The molecule has 0 saturated heterocycles. The summed E-state index contributed by atoms with van der Waals surface area (Å²) in [5.41, 5.74) is 9.20. The van der Waals surface area contributed by atoms with Gasteiger partial charge in [0.15, 0.2) is 0 Å². The summed E-state index contributed by atoms with van der Waals surface area (Å²) in [7, 11) is 0. The van der Waals surface area contributed by atoms with Crippen molar-refractivity contribution in [1.82, 2.24) is 5.32 Å². The number of rotatable bonds is 4. The molecule has 1 aromatic heterocycles. The molecule has 1 aliphatic heterocycles. The van der Waals surface area contributed by atoms with E-state index in [2.05, 4.69) is 10.6 Å². The zero-order valence-corrected chi connectivity index (χ0v) is 15.0. The van der Waals surface area contributed by atoms with Gasteiger partial charge in [-0.25, -0.2) is 4.79 Å². The molecule has 126 valence electrons. The molecule has 0 bridgehead atoms. The maximum atomic E-state index is 12.2. The van der Waals surface area contributed by atoms with E-state index in [1.54, 1.807) is 0 Å². The minimum absolute atomic E-state index is 0.329. The van der Waals surface area contributed by atoms with Crippen molar-refractivity contribution in [1.29, 1.82) is 0 Å². The monoisotopic (exact) mass is 361 g/mol. The normalized spacial score (nSPS) is 13.2. The molecule has 0 atom stereocenters. The van der Waals surface area contributed by atoms with E-state index in [1.165, 1.54) is 16.9 Å². The molecule has 0 spiro atoms. The number of thiophene rings is 1. The summed E-state index contributed by atoms with van der Waals surface area (Å²) in [5, 5.41) is 6.15. The van der Waals surface area contributed by atoms with Crippen molar-refractivity contribution in [2.45, 2.75) is 25.6 Å². The third-order valence-corrected chi connectivity index (χ3v) is 6.18. The van der Waals surface area contributed by atoms with E-state index in [0.717, 1.165) is 33.9 Å². The van der Waals surface area contributed by atoms with Crippen LogP contribution in [0.1, 0.15) is 31.9 Å². The van der Waals surface area contributed by atoms with Gasteiger partial charge >= 0.3 is 6.03 Å². The number of carbonyl (C=O) groups excluding carboxylic acids is 2. The van der Waals surface area contributed by atoms with Crippen LogP contribution in [0.3, 0.4) is 0 Å². The van der Waals surface area contributed by atoms with Gasteiger partial charge in [-0.2, -0.15) is 11.8 Å². The Morgan fingerprint density at radius 3 is 2.71 bits per heavy atom. The summed E-state index contributed by atoms with van der Waals surface area (Å²) in [6.45, 7) is 2.45. The van der Waals surface area contributed by atoms with Gasteiger partial charge < -0.3 is 11.1 Å². The van der Waals surface area contributed by atoms with Gasteiger partial charge in [0.2, 0.25) is 0 Å². The Labute approximate surface area is 149 Å². The molecule has 0 fully saturated rings. The molecule has 0 aliphatic carbocycles. The zero-order chi connectivity index (χ0) is 17.1. The van der Waals surface area contributed by atoms with Crippen LogP contribution in [0, 0.1) is 6.92 Å². The predicted octanol–water partition coefficient (Wildman–Crippen LogP) is 3.27. The molecule has 1 aromatic carbocycles. The Kier molecular flexibility index (Phi) is 5.11. The van der Waals surface area contributed by atoms with Crippen LogP contribution < -0.4 is 16.4 Å². The first kappa shape index (κ1) is 16.9. The van der Waals surface area contributed by atoms with E-state index < -0.39 is 5.91 Å². The van der Waals surface area contributed by atoms with Crippen molar-refractivity contribution in [3.05, 3.63) is 51.4 Å². The third kappa shape index (κ3) is 3.73. The predicted molar refractivity (Wildman–Crippen MR) is 99.7 cm³/mol. The lowest BCUT2D eigenvalue weighted by atomic mass is 10.1. The van der Waals surface area contributed by atoms with Crippen molar-refractivity contribution >= 4 is 40.0 Å². The number of thioether (sulfide) groups is 1. The highest BCUT2D eigenvalue weighted by Gasteiger charge is 2.25. The van der Waals surface area contributed by atoms with Crippen LogP contribution in [-0.4, -0.2) is 17.7 Å². The van der Waals surface area contributed by atoms with Gasteiger partial charge in [-0.1, -0.05) is 29.8 Å². The van der Waals surface area contributed by atoms with Crippen LogP contribution in [0.2, 0.25) is 0 Å². The van der Waals surface area contributed by atoms with Crippen LogP contribution >= 0.6 is 23.1 Å². The topological polar surface area (TPSA) is 84.2 Å². The number of primary amides is 1. The molecule has 0 unspecified atom stereocenters. The standard InChI is InChI=1S/C17H19N3O2S2/c1-10-2-4-11(5-3-10)8-19-17(22)20-16-14(15(18)21)12-6-7-23-9-13(12)24-16/h2-5H,6-9H2,1H3,(H2,18,21)(H2,19,20,22). The second kappa shape index (κ2) is 7.27. The quantitative estimate of drug-likeness (QED) is 0.781. The summed E-state index contributed by atoms with van der Waals surface area (Å²) < 4.78 is 0. The van der Waals surface area contributed by atoms with Crippen LogP contribution in [0.15, 0.2) is 24.3 Å². The smallest absolute Gasteiger partial charge is 0.320 e. The summed E-state index contributed by atoms with van der Waals surface area (Å²) in [6.07, 6.45) is 0.821. The van der Waals surface area contributed by atoms with Gasteiger partial charge in [0.1, 0.15) is 5.00 Å². The lowest BCUT2D eigenvalue weighted by molar-refractivity contribution is 0.100. The number of aryl methyl sites for hydroxylation is 1. The number of benzene rings is 1. The van der Waals surface area contributed by atoms with Gasteiger partial charge in [0.05, 0.1) is 5.56 Å². The minimum Gasteiger partial charge on any atom is -0.365 e. The molecule has 4 N–H and O–H groups in total. The number of nitrogens with two attached hydrogens (primary N) is 1. The SMILES string of the molecule is Cc1ccc(CNC(=O)Nc2sc3c(c2C(N)=O)CCSC3)cc1. The second-order valence-corrected chi connectivity index (χ2v) is 7.88. The van der Waals surface area contributed by atoms with Crippen LogP contribution in [0.4, 0.5) is 9.80 Å². The van der Waals surface area contributed by atoms with E-state index in [-0.39, 0.29) is 6.03 Å². The Balaban J connectivity index is 1.69. The Bertz CT molecular complexity index is 769. The molecule has 2 heterocycles. The first-order valence-corrected chi connectivity index (χ1v) is 9.64. The first-order valence-electron chi connectivity index (χ1n) is 7.67. The fraction of sp³-hybridized carbons (Fsp3) is 0.294. The van der Waals surface area contributed by atoms with Crippen LogP contribution in [0.25, 0.3) is 0 Å². The number of fused-ring (bicyclic) bond motifs is 1. The van der Waals surface area contributed by atoms with Crippen LogP contribution in [-0.2, 0) is 18.7 Å². The maximum absolute atomic E-state index is 12.2. The molecule has 3 amide bonds. The molecular formula is C17H19N3O2S2. The molecule has 2 aromatic rings. The van der Waals surface area contributed by atoms with E-state index >= 15 is 0 Å². The molecular weight excluding hydrogens is 342 g/mol. The molecule has 7 heteroatoms. The first-order chi connectivity index (χ1) is 11.5. The number of amides is 3. The Morgan fingerprint density at radius 2 is 2.00 bits per heavy atom. The van der Waals surface area contributed by atoms with Gasteiger partial charge in [0.25, 0.3) is 5.91 Å². The van der Waals surface area contributed by atoms with Gasteiger partial charge in [0, 0.05) is 17.2 Å². The van der Waals surface area contributed by atoms with Crippen molar-refractivity contribution in [3.63, 3.8) is 0 Å². The molecule has 5 nitrogen and oxygen atoms in total. The van der Waals surface area contributed by atoms with Crippen LogP contribution in [0.5, 0.6) is 0 Å². The fourth-order valence-electron chi connectivity index (χ4n) is 2.62. The lowest BCUT2D eigenvalue weighted by Gasteiger charge is -2.11. The number of hydrogen-bond acceptors (Lipinski definition) is 4. The maximum Gasteiger partial charge on any atom is 0.320 e. The highest BCUT2D eigenvalue weighted by atomic mass is 32.2. The van der Waals surface area contributed by atoms with Gasteiger partial charge in [-0.05, 0) is 30.2 Å². The number of hydrogen-bond donors (Lipinski definition) is 3. The highest BCUT2D eigenvalue weighted by molar-refractivity contribution is 7.98. The lowest BCUT2D eigenvalue weighted by Crippen LogP contribution is -2.29. The minimum atomic E-state index is -0.478. The summed E-state index contributed by atoms with van der Waals surface area (Å²) in [4.78, 5) is 25.1. The Morgan fingerprint density at radius 1 is 1.25 bits per heavy atom. The fourth-order valence-corrected chi connectivity index (χ4v) is 5.00. The zero-order valence-electron chi connectivity index (χ0n) is 13.3. The molecule has 0 saturated carbocycles. The van der Waals surface area contributed by atoms with E-state index in [0.29, 0.717) is 17.1 Å². The van der Waals surface area contributed by atoms with E-state index in [4.69, 9.17) is 5.73 Å². The average molecular weight is 361 g/mol. The van der Waals surface area contributed by atoms with Gasteiger partial charge in [-0.15, -0.1) is 11.3 Å². The number of urea groups is 1. The molecule has 0 radical (unpaired) electrons. The Hall–Kier alpha value is -1.99. The number of nitrogens with one attached hydrogen (secondary N) is 2. The summed E-state index contributed by atoms with van der Waals surface area (Å²) >= 11 is 3.28. The second-order valence-electron chi connectivity index (χ2n) is 5.67. The number of anilines is 1. The number of carbonyl (C=O) groups is 2. The molecule has 24 heavy (non-hydrogen) atoms. The van der Waals surface area contributed by atoms with Crippen molar-refractivity contribution in [2.75, 3.05) is 11.1 Å². The van der Waals surface area contributed by atoms with Crippen molar-refractivity contribution in [3.8, 4) is 0 Å². The summed E-state index contributed by atoms with van der Waals surface area (Å²) in [5.74, 6) is 1.36.